The molecule has 1 fully saturated rings. The van der Waals surface area contributed by atoms with Crippen LogP contribution in [0.1, 0.15) is 25.3 Å². The first-order chi connectivity index (χ1) is 10.8. The van der Waals surface area contributed by atoms with Crippen molar-refractivity contribution < 1.29 is 13.2 Å². The number of carbonyl (C=O) groups excluding carboxylic acids is 1. The first kappa shape index (κ1) is 16.1. The molecule has 23 heavy (non-hydrogen) atoms. The molecule has 0 aliphatic carbocycles. The SMILES string of the molecule is CC(C(=O)N1CCS(=O)(=O)C(C)C1)c1cn(C)c2ccccc12. The molecule has 2 heterocycles. The number of fused-ring (bicyclic) bond motifs is 1. The first-order valence-corrected chi connectivity index (χ1v) is 9.57. The molecule has 0 radical (unpaired) electrons. The third-order valence-electron chi connectivity index (χ3n) is 4.81. The molecular weight excluding hydrogens is 312 g/mol. The van der Waals surface area contributed by atoms with E-state index in [4.69, 9.17) is 0 Å². The number of para-hydroxylation sites is 1. The Bertz CT molecular complexity index is 854. The normalized spacial score (nSPS) is 22.2. The fourth-order valence-electron chi connectivity index (χ4n) is 3.28. The summed E-state index contributed by atoms with van der Waals surface area (Å²) in [7, 11) is -1.08. The predicted molar refractivity (Wildman–Crippen MR) is 91.2 cm³/mol. The average molecular weight is 334 g/mol. The molecule has 0 N–H and O–H groups in total. The molecule has 2 atom stereocenters. The zero-order chi connectivity index (χ0) is 16.8. The number of sulfone groups is 1. The third-order valence-corrected chi connectivity index (χ3v) is 6.94. The van der Waals surface area contributed by atoms with E-state index >= 15 is 0 Å². The van der Waals surface area contributed by atoms with E-state index < -0.39 is 15.1 Å². The zero-order valence-corrected chi connectivity index (χ0v) is 14.5. The molecule has 3 rings (SSSR count). The highest BCUT2D eigenvalue weighted by atomic mass is 32.2. The van der Waals surface area contributed by atoms with Crippen LogP contribution in [0.4, 0.5) is 0 Å². The van der Waals surface area contributed by atoms with Crippen molar-refractivity contribution in [1.29, 1.82) is 0 Å². The highest BCUT2D eigenvalue weighted by molar-refractivity contribution is 7.92. The Morgan fingerprint density at radius 3 is 2.70 bits per heavy atom. The lowest BCUT2D eigenvalue weighted by Crippen LogP contribution is -2.49. The van der Waals surface area contributed by atoms with Gasteiger partial charge in [0.05, 0.1) is 16.9 Å². The van der Waals surface area contributed by atoms with E-state index in [-0.39, 0.29) is 24.1 Å². The quantitative estimate of drug-likeness (QED) is 0.843. The fourth-order valence-corrected chi connectivity index (χ4v) is 4.56. The van der Waals surface area contributed by atoms with Crippen molar-refractivity contribution in [1.82, 2.24) is 9.47 Å². The van der Waals surface area contributed by atoms with E-state index in [2.05, 4.69) is 0 Å². The highest BCUT2D eigenvalue weighted by Gasteiger charge is 2.34. The van der Waals surface area contributed by atoms with Gasteiger partial charge in [-0.1, -0.05) is 18.2 Å². The lowest BCUT2D eigenvalue weighted by atomic mass is 9.99. The van der Waals surface area contributed by atoms with Gasteiger partial charge < -0.3 is 9.47 Å². The maximum atomic E-state index is 12.8. The highest BCUT2D eigenvalue weighted by Crippen LogP contribution is 2.29. The molecule has 1 aromatic heterocycles. The van der Waals surface area contributed by atoms with Crippen molar-refractivity contribution >= 4 is 26.6 Å². The summed E-state index contributed by atoms with van der Waals surface area (Å²) in [6.07, 6.45) is 2.00. The van der Waals surface area contributed by atoms with Crippen LogP contribution in [-0.2, 0) is 21.7 Å². The lowest BCUT2D eigenvalue weighted by Gasteiger charge is -2.32. The van der Waals surface area contributed by atoms with Gasteiger partial charge in [0, 0.05) is 37.2 Å². The summed E-state index contributed by atoms with van der Waals surface area (Å²) < 4.78 is 25.7. The summed E-state index contributed by atoms with van der Waals surface area (Å²) in [6, 6.07) is 8.01. The summed E-state index contributed by atoms with van der Waals surface area (Å²) in [4.78, 5) is 14.5. The van der Waals surface area contributed by atoms with Crippen LogP contribution in [0, 0.1) is 0 Å². The van der Waals surface area contributed by atoms with Gasteiger partial charge in [0.1, 0.15) is 0 Å². The summed E-state index contributed by atoms with van der Waals surface area (Å²) >= 11 is 0. The van der Waals surface area contributed by atoms with Gasteiger partial charge in [-0.2, -0.15) is 0 Å². The Balaban J connectivity index is 1.88. The molecule has 5 nitrogen and oxygen atoms in total. The second kappa shape index (κ2) is 5.67. The number of rotatable bonds is 2. The summed E-state index contributed by atoms with van der Waals surface area (Å²) in [5.41, 5.74) is 2.09. The van der Waals surface area contributed by atoms with Gasteiger partial charge in [-0.05, 0) is 25.5 Å². The van der Waals surface area contributed by atoms with Crippen LogP contribution in [-0.4, -0.2) is 47.9 Å². The van der Waals surface area contributed by atoms with Crippen molar-refractivity contribution in [2.24, 2.45) is 7.05 Å². The minimum absolute atomic E-state index is 0.00287. The minimum Gasteiger partial charge on any atom is -0.350 e. The van der Waals surface area contributed by atoms with Crippen LogP contribution in [0.25, 0.3) is 10.9 Å². The molecule has 124 valence electrons. The van der Waals surface area contributed by atoms with Gasteiger partial charge in [-0.15, -0.1) is 0 Å². The summed E-state index contributed by atoms with van der Waals surface area (Å²) in [5, 5.41) is 0.591. The smallest absolute Gasteiger partial charge is 0.229 e. The predicted octanol–water partition coefficient (Wildman–Crippen LogP) is 1.93. The van der Waals surface area contributed by atoms with Crippen LogP contribution in [0.5, 0.6) is 0 Å². The fraction of sp³-hybridized carbons (Fsp3) is 0.471. The van der Waals surface area contributed by atoms with Crippen molar-refractivity contribution in [2.45, 2.75) is 25.0 Å². The largest absolute Gasteiger partial charge is 0.350 e. The Hall–Kier alpha value is -1.82. The summed E-state index contributed by atoms with van der Waals surface area (Å²) in [5.74, 6) is -0.223. The van der Waals surface area contributed by atoms with Gasteiger partial charge in [-0.3, -0.25) is 4.79 Å². The second-order valence-corrected chi connectivity index (χ2v) is 8.93. The molecule has 1 aliphatic heterocycles. The Kier molecular flexibility index (Phi) is 3.96. The van der Waals surface area contributed by atoms with Gasteiger partial charge in [-0.25, -0.2) is 8.42 Å². The Labute approximate surface area is 136 Å². The number of amides is 1. The number of hydrogen-bond acceptors (Lipinski definition) is 3. The number of carbonyl (C=O) groups is 1. The monoisotopic (exact) mass is 334 g/mol. The van der Waals surface area contributed by atoms with E-state index in [1.54, 1.807) is 11.8 Å². The van der Waals surface area contributed by atoms with E-state index in [9.17, 15) is 13.2 Å². The molecule has 6 heteroatoms. The van der Waals surface area contributed by atoms with Gasteiger partial charge in [0.15, 0.2) is 9.84 Å². The van der Waals surface area contributed by atoms with E-state index in [1.807, 2.05) is 49.0 Å². The molecule has 1 aliphatic rings. The van der Waals surface area contributed by atoms with Crippen LogP contribution < -0.4 is 0 Å². The lowest BCUT2D eigenvalue weighted by molar-refractivity contribution is -0.132. The van der Waals surface area contributed by atoms with Crippen LogP contribution in [0.3, 0.4) is 0 Å². The molecule has 1 saturated heterocycles. The van der Waals surface area contributed by atoms with Crippen LogP contribution in [0.2, 0.25) is 0 Å². The van der Waals surface area contributed by atoms with E-state index in [0.717, 1.165) is 16.5 Å². The third kappa shape index (κ3) is 2.76. The second-order valence-electron chi connectivity index (χ2n) is 6.40. The van der Waals surface area contributed by atoms with E-state index in [0.29, 0.717) is 6.54 Å². The molecule has 1 aromatic carbocycles. The maximum absolute atomic E-state index is 12.8. The van der Waals surface area contributed by atoms with E-state index in [1.165, 1.54) is 0 Å². The number of aryl methyl sites for hydroxylation is 1. The maximum Gasteiger partial charge on any atom is 0.229 e. The van der Waals surface area contributed by atoms with Crippen molar-refractivity contribution in [3.63, 3.8) is 0 Å². The number of aromatic nitrogens is 1. The van der Waals surface area contributed by atoms with Crippen molar-refractivity contribution in [3.8, 4) is 0 Å². The number of benzene rings is 1. The Morgan fingerprint density at radius 2 is 2.00 bits per heavy atom. The van der Waals surface area contributed by atoms with Gasteiger partial charge in [0.25, 0.3) is 0 Å². The molecule has 1 amide bonds. The molecule has 2 unspecified atom stereocenters. The van der Waals surface area contributed by atoms with Crippen LogP contribution >= 0.6 is 0 Å². The Morgan fingerprint density at radius 1 is 1.30 bits per heavy atom. The first-order valence-electron chi connectivity index (χ1n) is 7.85. The molecule has 2 aromatic rings. The average Bonchev–Trinajstić information content (AvgIpc) is 2.86. The van der Waals surface area contributed by atoms with Gasteiger partial charge >= 0.3 is 0 Å². The molecular formula is C17H22N2O3S. The molecule has 0 saturated carbocycles. The zero-order valence-electron chi connectivity index (χ0n) is 13.7. The number of nitrogens with zero attached hydrogens (tertiary/aromatic N) is 2. The standard InChI is InChI=1S/C17H22N2O3S/c1-12-10-19(8-9-23(12,21)22)17(20)13(2)15-11-18(3)16-7-5-4-6-14(15)16/h4-7,11-13H,8-10H2,1-3H3. The summed E-state index contributed by atoms with van der Waals surface area (Å²) in [6.45, 7) is 4.16. The number of hydrogen-bond donors (Lipinski definition) is 0. The van der Waals surface area contributed by atoms with Crippen molar-refractivity contribution in [2.75, 3.05) is 18.8 Å². The molecule has 0 bridgehead atoms. The van der Waals surface area contributed by atoms with Gasteiger partial charge in [0.2, 0.25) is 5.91 Å². The topological polar surface area (TPSA) is 59.4 Å². The molecule has 0 spiro atoms. The van der Waals surface area contributed by atoms with Crippen molar-refractivity contribution in [3.05, 3.63) is 36.0 Å². The van der Waals surface area contributed by atoms with Crippen LogP contribution in [0.15, 0.2) is 30.5 Å². The minimum atomic E-state index is -3.05.